The van der Waals surface area contributed by atoms with Crippen LogP contribution in [0, 0.1) is 21.4 Å². The zero-order valence-electron chi connectivity index (χ0n) is 10.8. The summed E-state index contributed by atoms with van der Waals surface area (Å²) in [5.74, 6) is 0. The van der Waals surface area contributed by atoms with Crippen molar-refractivity contribution in [2.45, 2.75) is 18.9 Å². The fraction of sp³-hybridized carbons (Fsp3) is 0.462. The zero-order chi connectivity index (χ0) is 13.8. The van der Waals surface area contributed by atoms with Crippen LogP contribution in [0.3, 0.4) is 0 Å². The van der Waals surface area contributed by atoms with Gasteiger partial charge in [0, 0.05) is 30.9 Å². The van der Waals surface area contributed by atoms with E-state index in [1.807, 2.05) is 6.07 Å². The number of anilines is 1. The molecule has 0 atom stereocenters. The maximum atomic E-state index is 10.7. The minimum atomic E-state index is -0.538. The highest BCUT2D eigenvalue weighted by Gasteiger charge is 2.25. The lowest BCUT2D eigenvalue weighted by molar-refractivity contribution is -0.385. The summed E-state index contributed by atoms with van der Waals surface area (Å²) in [5.41, 5.74) is 0.681. The molecule has 19 heavy (non-hydrogen) atoms. The summed E-state index contributed by atoms with van der Waals surface area (Å²) in [6.45, 7) is 1.68. The maximum absolute atomic E-state index is 10.7. The molecule has 2 rings (SSSR count). The molecule has 1 fully saturated rings. The van der Waals surface area contributed by atoms with E-state index in [2.05, 4.69) is 17.3 Å². The summed E-state index contributed by atoms with van der Waals surface area (Å²) in [6.07, 6.45) is 2.54. The Labute approximate surface area is 111 Å². The van der Waals surface area contributed by atoms with Gasteiger partial charge in [-0.3, -0.25) is 10.1 Å². The van der Waals surface area contributed by atoms with Crippen LogP contribution in [-0.4, -0.2) is 36.0 Å². The second kappa shape index (κ2) is 5.67. The van der Waals surface area contributed by atoms with Crippen LogP contribution in [0.4, 0.5) is 11.4 Å². The highest BCUT2D eigenvalue weighted by Crippen LogP contribution is 2.25. The number of hydrogen-bond acceptors (Lipinski definition) is 5. The molecular weight excluding hydrogens is 244 g/mol. The number of nitro groups is 1. The average molecular weight is 260 g/mol. The molecule has 1 aromatic carbocycles. The topological polar surface area (TPSA) is 82.2 Å². The summed E-state index contributed by atoms with van der Waals surface area (Å²) in [6, 6.07) is 7.09. The van der Waals surface area contributed by atoms with Crippen molar-refractivity contribution in [2.24, 2.45) is 0 Å². The maximum Gasteiger partial charge on any atom is 0.287 e. The van der Waals surface area contributed by atoms with E-state index >= 15 is 0 Å². The van der Waals surface area contributed by atoms with E-state index in [9.17, 15) is 10.1 Å². The van der Waals surface area contributed by atoms with E-state index in [-0.39, 0.29) is 11.3 Å². The Morgan fingerprint density at radius 1 is 1.58 bits per heavy atom. The molecule has 0 aliphatic heterocycles. The van der Waals surface area contributed by atoms with Crippen LogP contribution in [0.15, 0.2) is 18.2 Å². The minimum Gasteiger partial charge on any atom is -0.384 e. The van der Waals surface area contributed by atoms with Crippen LogP contribution >= 0.6 is 0 Å². The molecule has 0 radical (unpaired) electrons. The fourth-order valence-electron chi connectivity index (χ4n) is 1.97. The lowest BCUT2D eigenvalue weighted by atomic mass is 10.2. The Hall–Kier alpha value is -2.13. The lowest BCUT2D eigenvalue weighted by Gasteiger charge is -2.16. The van der Waals surface area contributed by atoms with E-state index in [1.54, 1.807) is 6.07 Å². The van der Waals surface area contributed by atoms with Gasteiger partial charge in [-0.2, -0.15) is 5.26 Å². The SMILES string of the molecule is CN(CCNc1ccc([N+](=O)[O-])c(C#N)c1)C1CC1. The number of likely N-dealkylation sites (N-methyl/N-ethyl adjacent to an activating group) is 1. The van der Waals surface area contributed by atoms with Gasteiger partial charge in [-0.25, -0.2) is 0 Å². The molecule has 1 saturated carbocycles. The molecule has 1 aromatic rings. The first kappa shape index (κ1) is 13.3. The summed E-state index contributed by atoms with van der Waals surface area (Å²) in [5, 5.41) is 22.8. The van der Waals surface area contributed by atoms with Crippen LogP contribution in [0.2, 0.25) is 0 Å². The monoisotopic (exact) mass is 260 g/mol. The molecule has 1 aliphatic rings. The summed E-state index contributed by atoms with van der Waals surface area (Å²) in [7, 11) is 2.09. The number of nitrogens with zero attached hydrogens (tertiary/aromatic N) is 3. The van der Waals surface area contributed by atoms with Crippen molar-refractivity contribution >= 4 is 11.4 Å². The second-order valence-electron chi connectivity index (χ2n) is 4.74. The molecule has 0 heterocycles. The van der Waals surface area contributed by atoms with Gasteiger partial charge in [0.15, 0.2) is 0 Å². The highest BCUT2D eigenvalue weighted by molar-refractivity contribution is 5.58. The van der Waals surface area contributed by atoms with Gasteiger partial charge >= 0.3 is 0 Å². The summed E-state index contributed by atoms with van der Waals surface area (Å²) in [4.78, 5) is 12.5. The second-order valence-corrected chi connectivity index (χ2v) is 4.74. The first-order chi connectivity index (χ1) is 9.11. The number of nitrogens with one attached hydrogen (secondary N) is 1. The standard InChI is InChI=1S/C13H16N4O2/c1-16(12-3-4-12)7-6-15-11-2-5-13(17(18)19)10(8-11)9-14/h2,5,8,12,15H,3-4,6-7H2,1H3. The van der Waals surface area contributed by atoms with E-state index in [0.29, 0.717) is 6.04 Å². The third kappa shape index (κ3) is 3.42. The predicted octanol–water partition coefficient (Wildman–Crippen LogP) is 1.97. The largest absolute Gasteiger partial charge is 0.384 e. The molecule has 0 amide bonds. The molecule has 0 spiro atoms. The van der Waals surface area contributed by atoms with Gasteiger partial charge in [0.05, 0.1) is 4.92 Å². The van der Waals surface area contributed by atoms with E-state index in [0.717, 1.165) is 18.8 Å². The zero-order valence-corrected chi connectivity index (χ0v) is 10.8. The molecule has 1 aliphatic carbocycles. The van der Waals surface area contributed by atoms with Gasteiger partial charge in [-0.1, -0.05) is 0 Å². The van der Waals surface area contributed by atoms with Gasteiger partial charge in [-0.05, 0) is 32.0 Å². The van der Waals surface area contributed by atoms with Crippen molar-refractivity contribution in [1.29, 1.82) is 5.26 Å². The van der Waals surface area contributed by atoms with Gasteiger partial charge in [0.1, 0.15) is 11.6 Å². The molecule has 0 unspecified atom stereocenters. The summed E-state index contributed by atoms with van der Waals surface area (Å²) >= 11 is 0. The molecule has 6 heteroatoms. The Kier molecular flexibility index (Phi) is 3.97. The van der Waals surface area contributed by atoms with Crippen molar-refractivity contribution < 1.29 is 4.92 Å². The van der Waals surface area contributed by atoms with E-state index in [1.165, 1.54) is 25.0 Å². The molecule has 6 nitrogen and oxygen atoms in total. The van der Waals surface area contributed by atoms with Crippen LogP contribution in [0.1, 0.15) is 18.4 Å². The quantitative estimate of drug-likeness (QED) is 0.624. The highest BCUT2D eigenvalue weighted by atomic mass is 16.6. The van der Waals surface area contributed by atoms with E-state index in [4.69, 9.17) is 5.26 Å². The Balaban J connectivity index is 1.93. The number of nitriles is 1. The van der Waals surface area contributed by atoms with Crippen molar-refractivity contribution in [1.82, 2.24) is 4.90 Å². The van der Waals surface area contributed by atoms with Crippen molar-refractivity contribution in [3.63, 3.8) is 0 Å². The average Bonchev–Trinajstić information content (AvgIpc) is 3.22. The molecule has 100 valence electrons. The third-order valence-electron chi connectivity index (χ3n) is 3.28. The Bertz CT molecular complexity index is 520. The Morgan fingerprint density at radius 2 is 2.32 bits per heavy atom. The fourth-order valence-corrected chi connectivity index (χ4v) is 1.97. The predicted molar refractivity (Wildman–Crippen MR) is 72.0 cm³/mol. The van der Waals surface area contributed by atoms with Gasteiger partial charge in [0.25, 0.3) is 5.69 Å². The Morgan fingerprint density at radius 3 is 2.89 bits per heavy atom. The first-order valence-corrected chi connectivity index (χ1v) is 6.24. The number of benzene rings is 1. The van der Waals surface area contributed by atoms with E-state index < -0.39 is 4.92 Å². The smallest absolute Gasteiger partial charge is 0.287 e. The molecule has 1 N–H and O–H groups in total. The first-order valence-electron chi connectivity index (χ1n) is 6.24. The van der Waals surface area contributed by atoms with Crippen LogP contribution in [0.25, 0.3) is 0 Å². The van der Waals surface area contributed by atoms with Crippen LogP contribution in [-0.2, 0) is 0 Å². The van der Waals surface area contributed by atoms with Gasteiger partial charge in [-0.15, -0.1) is 0 Å². The van der Waals surface area contributed by atoms with Crippen molar-refractivity contribution in [3.8, 4) is 6.07 Å². The number of rotatable bonds is 6. The molecule has 0 aromatic heterocycles. The van der Waals surface area contributed by atoms with Crippen molar-refractivity contribution in [3.05, 3.63) is 33.9 Å². The molecule has 0 saturated heterocycles. The van der Waals surface area contributed by atoms with Crippen LogP contribution < -0.4 is 5.32 Å². The normalized spacial score (nSPS) is 14.2. The molecular formula is C13H16N4O2. The van der Waals surface area contributed by atoms with Crippen LogP contribution in [0.5, 0.6) is 0 Å². The number of hydrogen-bond donors (Lipinski definition) is 1. The van der Waals surface area contributed by atoms with Gasteiger partial charge in [0.2, 0.25) is 0 Å². The third-order valence-corrected chi connectivity index (χ3v) is 3.28. The summed E-state index contributed by atoms with van der Waals surface area (Å²) < 4.78 is 0. The molecule has 0 bridgehead atoms. The van der Waals surface area contributed by atoms with Gasteiger partial charge < -0.3 is 10.2 Å². The van der Waals surface area contributed by atoms with Crippen molar-refractivity contribution in [2.75, 3.05) is 25.5 Å². The number of nitro benzene ring substituents is 1. The lowest BCUT2D eigenvalue weighted by Crippen LogP contribution is -2.27. The minimum absolute atomic E-state index is 0.0885.